The van der Waals surface area contributed by atoms with E-state index in [0.29, 0.717) is 16.3 Å². The summed E-state index contributed by atoms with van der Waals surface area (Å²) in [7, 11) is 0. The SMILES string of the molecule is O=C(COC(=O)[C@H]1C[C@H](O)CN1C(=O)Oc1ccccc1)c1ccc(Cl)cc1. The second-order valence-corrected chi connectivity index (χ2v) is 6.71. The lowest BCUT2D eigenvalue weighted by Crippen LogP contribution is -2.43. The van der Waals surface area contributed by atoms with Gasteiger partial charge < -0.3 is 14.6 Å². The largest absolute Gasteiger partial charge is 0.456 e. The van der Waals surface area contributed by atoms with Crippen molar-refractivity contribution in [3.63, 3.8) is 0 Å². The molecule has 2 aromatic carbocycles. The van der Waals surface area contributed by atoms with Crippen molar-refractivity contribution in [1.29, 1.82) is 0 Å². The minimum Gasteiger partial charge on any atom is -0.456 e. The number of hydrogen-bond donors (Lipinski definition) is 1. The second kappa shape index (κ2) is 8.86. The lowest BCUT2D eigenvalue weighted by Gasteiger charge is -2.22. The number of carbonyl (C=O) groups excluding carboxylic acids is 3. The van der Waals surface area contributed by atoms with Crippen LogP contribution in [-0.4, -0.2) is 53.1 Å². The minimum absolute atomic E-state index is 0.0118. The number of para-hydroxylation sites is 1. The van der Waals surface area contributed by atoms with E-state index < -0.39 is 36.6 Å². The first-order valence-electron chi connectivity index (χ1n) is 8.61. The third-order valence-electron chi connectivity index (χ3n) is 4.25. The molecule has 7 nitrogen and oxygen atoms in total. The first kappa shape index (κ1) is 19.9. The zero-order chi connectivity index (χ0) is 20.1. The van der Waals surface area contributed by atoms with Crippen molar-refractivity contribution in [3.05, 3.63) is 65.2 Å². The molecular formula is C20H18ClNO6. The molecule has 1 N–H and O–H groups in total. The van der Waals surface area contributed by atoms with Gasteiger partial charge in [0.25, 0.3) is 0 Å². The molecule has 1 fully saturated rings. The van der Waals surface area contributed by atoms with Crippen molar-refractivity contribution >= 4 is 29.4 Å². The number of halogens is 1. The molecule has 2 aromatic rings. The number of carbonyl (C=O) groups is 3. The molecule has 0 radical (unpaired) electrons. The monoisotopic (exact) mass is 403 g/mol. The summed E-state index contributed by atoms with van der Waals surface area (Å²) >= 11 is 5.78. The molecule has 8 heteroatoms. The van der Waals surface area contributed by atoms with Gasteiger partial charge in [-0.05, 0) is 36.4 Å². The van der Waals surface area contributed by atoms with Gasteiger partial charge in [0, 0.05) is 17.0 Å². The van der Waals surface area contributed by atoms with E-state index in [9.17, 15) is 19.5 Å². The number of amides is 1. The van der Waals surface area contributed by atoms with Crippen LogP contribution in [0.3, 0.4) is 0 Å². The average Bonchev–Trinajstić information content (AvgIpc) is 3.09. The van der Waals surface area contributed by atoms with Gasteiger partial charge in [-0.1, -0.05) is 29.8 Å². The van der Waals surface area contributed by atoms with Gasteiger partial charge in [-0.3, -0.25) is 9.69 Å². The van der Waals surface area contributed by atoms with E-state index in [0.717, 1.165) is 4.90 Å². The molecule has 3 rings (SSSR count). The molecule has 1 amide bonds. The number of esters is 1. The molecule has 146 valence electrons. The van der Waals surface area contributed by atoms with E-state index in [2.05, 4.69) is 0 Å². The molecule has 0 bridgehead atoms. The number of β-amino-alcohol motifs (C(OH)–C–C–N with tert-alkyl or cyclic N) is 1. The molecule has 0 unspecified atom stereocenters. The molecule has 28 heavy (non-hydrogen) atoms. The third kappa shape index (κ3) is 4.88. The predicted octanol–water partition coefficient (Wildman–Crippen LogP) is 2.70. The van der Waals surface area contributed by atoms with Crippen LogP contribution >= 0.6 is 11.6 Å². The molecule has 0 aromatic heterocycles. The highest BCUT2D eigenvalue weighted by Crippen LogP contribution is 2.22. The maximum Gasteiger partial charge on any atom is 0.416 e. The number of benzene rings is 2. The van der Waals surface area contributed by atoms with Gasteiger partial charge in [0.2, 0.25) is 0 Å². The van der Waals surface area contributed by atoms with Gasteiger partial charge in [-0.2, -0.15) is 0 Å². The van der Waals surface area contributed by atoms with Crippen molar-refractivity contribution in [2.24, 2.45) is 0 Å². The molecule has 1 saturated heterocycles. The van der Waals surface area contributed by atoms with E-state index in [4.69, 9.17) is 21.1 Å². The Kier molecular flexibility index (Phi) is 6.28. The van der Waals surface area contributed by atoms with Gasteiger partial charge in [0.05, 0.1) is 12.6 Å². The van der Waals surface area contributed by atoms with Gasteiger partial charge in [0.1, 0.15) is 11.8 Å². The summed E-state index contributed by atoms with van der Waals surface area (Å²) in [5.41, 5.74) is 0.351. The predicted molar refractivity (Wildman–Crippen MR) is 100 cm³/mol. The Morgan fingerprint density at radius 3 is 2.43 bits per heavy atom. The summed E-state index contributed by atoms with van der Waals surface area (Å²) in [6.07, 6.45) is -1.64. The van der Waals surface area contributed by atoms with Crippen LogP contribution in [0.4, 0.5) is 4.79 Å². The summed E-state index contributed by atoms with van der Waals surface area (Å²) in [6, 6.07) is 13.5. The maximum absolute atomic E-state index is 12.4. The van der Waals surface area contributed by atoms with Crippen LogP contribution in [-0.2, 0) is 9.53 Å². The normalized spacial score (nSPS) is 18.6. The maximum atomic E-state index is 12.4. The van der Waals surface area contributed by atoms with Crippen LogP contribution < -0.4 is 4.74 Å². The molecule has 0 spiro atoms. The lowest BCUT2D eigenvalue weighted by molar-refractivity contribution is -0.147. The number of ether oxygens (including phenoxy) is 2. The molecular weight excluding hydrogens is 386 g/mol. The van der Waals surface area contributed by atoms with E-state index in [1.807, 2.05) is 0 Å². The smallest absolute Gasteiger partial charge is 0.416 e. The molecule has 2 atom stereocenters. The van der Waals surface area contributed by atoms with Crippen LogP contribution in [0.2, 0.25) is 5.02 Å². The van der Waals surface area contributed by atoms with Crippen LogP contribution in [0, 0.1) is 0 Å². The zero-order valence-corrected chi connectivity index (χ0v) is 15.5. The van der Waals surface area contributed by atoms with E-state index >= 15 is 0 Å². The van der Waals surface area contributed by atoms with Crippen molar-refractivity contribution in [2.45, 2.75) is 18.6 Å². The highest BCUT2D eigenvalue weighted by Gasteiger charge is 2.41. The molecule has 1 aliphatic heterocycles. The number of ketones is 1. The average molecular weight is 404 g/mol. The van der Waals surface area contributed by atoms with Crippen molar-refractivity contribution < 1.29 is 29.0 Å². The number of nitrogens with zero attached hydrogens (tertiary/aromatic N) is 1. The number of Topliss-reactive ketones (excluding diaryl/α,β-unsaturated/α-hetero) is 1. The van der Waals surface area contributed by atoms with Gasteiger partial charge >= 0.3 is 12.1 Å². The van der Waals surface area contributed by atoms with Crippen LogP contribution in [0.1, 0.15) is 16.8 Å². The Morgan fingerprint density at radius 2 is 1.75 bits per heavy atom. The molecule has 1 aliphatic rings. The highest BCUT2D eigenvalue weighted by molar-refractivity contribution is 6.30. The number of aliphatic hydroxyl groups excluding tert-OH is 1. The Bertz CT molecular complexity index is 855. The standard InChI is InChI=1S/C20H18ClNO6/c21-14-8-6-13(7-9-14)18(24)12-27-19(25)17-10-15(23)11-22(17)20(26)28-16-4-2-1-3-5-16/h1-9,15,17,23H,10-12H2/t15-,17+/m0/s1. The number of likely N-dealkylation sites (tertiary alicyclic amines) is 1. The Hall–Kier alpha value is -2.90. The number of aliphatic hydroxyl groups is 1. The van der Waals surface area contributed by atoms with Crippen LogP contribution in [0.25, 0.3) is 0 Å². The number of hydrogen-bond acceptors (Lipinski definition) is 6. The fourth-order valence-electron chi connectivity index (χ4n) is 2.84. The van der Waals surface area contributed by atoms with E-state index in [-0.39, 0.29) is 13.0 Å². The number of rotatable bonds is 5. The Labute approximate surface area is 166 Å². The fourth-order valence-corrected chi connectivity index (χ4v) is 2.96. The summed E-state index contributed by atoms with van der Waals surface area (Å²) in [4.78, 5) is 38.0. The van der Waals surface area contributed by atoms with Gasteiger partial charge in [-0.25, -0.2) is 9.59 Å². The summed E-state index contributed by atoms with van der Waals surface area (Å²) < 4.78 is 10.3. The fraction of sp³-hybridized carbons (Fsp3) is 0.250. The quantitative estimate of drug-likeness (QED) is 0.609. The molecule has 1 heterocycles. The topological polar surface area (TPSA) is 93.1 Å². The molecule has 0 aliphatic carbocycles. The van der Waals surface area contributed by atoms with Crippen molar-refractivity contribution in [2.75, 3.05) is 13.2 Å². The summed E-state index contributed by atoms with van der Waals surface area (Å²) in [5, 5.41) is 10.4. The van der Waals surface area contributed by atoms with Crippen LogP contribution in [0.5, 0.6) is 5.75 Å². The van der Waals surface area contributed by atoms with E-state index in [1.165, 1.54) is 12.1 Å². The zero-order valence-electron chi connectivity index (χ0n) is 14.8. The minimum atomic E-state index is -1.02. The highest BCUT2D eigenvalue weighted by atomic mass is 35.5. The van der Waals surface area contributed by atoms with E-state index in [1.54, 1.807) is 42.5 Å². The van der Waals surface area contributed by atoms with Gasteiger partial charge in [-0.15, -0.1) is 0 Å². The lowest BCUT2D eigenvalue weighted by atomic mass is 10.1. The molecule has 0 saturated carbocycles. The van der Waals surface area contributed by atoms with Crippen molar-refractivity contribution in [3.8, 4) is 5.75 Å². The van der Waals surface area contributed by atoms with Crippen LogP contribution in [0.15, 0.2) is 54.6 Å². The van der Waals surface area contributed by atoms with Gasteiger partial charge in [0.15, 0.2) is 12.4 Å². The second-order valence-electron chi connectivity index (χ2n) is 6.28. The first-order valence-corrected chi connectivity index (χ1v) is 8.99. The Morgan fingerprint density at radius 1 is 1.07 bits per heavy atom. The summed E-state index contributed by atoms with van der Waals surface area (Å²) in [6.45, 7) is -0.537. The third-order valence-corrected chi connectivity index (χ3v) is 4.50. The summed E-state index contributed by atoms with van der Waals surface area (Å²) in [5.74, 6) is -0.857. The first-order chi connectivity index (χ1) is 13.4. The van der Waals surface area contributed by atoms with Crippen molar-refractivity contribution in [1.82, 2.24) is 4.90 Å². The Balaban J connectivity index is 1.60.